The summed E-state index contributed by atoms with van der Waals surface area (Å²) >= 11 is 0. The lowest BCUT2D eigenvalue weighted by Crippen LogP contribution is -2.52. The van der Waals surface area contributed by atoms with Gasteiger partial charge in [0.25, 0.3) is 0 Å². The van der Waals surface area contributed by atoms with Crippen LogP contribution in [0.5, 0.6) is 0 Å². The molecule has 0 saturated carbocycles. The van der Waals surface area contributed by atoms with E-state index in [4.69, 9.17) is 9.84 Å². The van der Waals surface area contributed by atoms with Gasteiger partial charge in [-0.15, -0.1) is 0 Å². The number of aliphatic hydroxyl groups is 1. The Balaban J connectivity index is 2.54. The lowest BCUT2D eigenvalue weighted by molar-refractivity contribution is -0.152. The number of piperazine rings is 1. The minimum Gasteiger partial charge on any atom is -0.395 e. The first-order valence-electron chi connectivity index (χ1n) is 6.09. The predicted octanol–water partition coefficient (Wildman–Crippen LogP) is -2.11. The van der Waals surface area contributed by atoms with Crippen molar-refractivity contribution in [2.24, 2.45) is 0 Å². The highest BCUT2D eigenvalue weighted by Gasteiger charge is 2.27. The van der Waals surface area contributed by atoms with E-state index >= 15 is 0 Å². The molecule has 0 radical (unpaired) electrons. The summed E-state index contributed by atoms with van der Waals surface area (Å²) in [5, 5.41) is 12.0. The third kappa shape index (κ3) is 4.25. The molecule has 0 aliphatic carbocycles. The average molecular weight is 259 g/mol. The minimum atomic E-state index is -0.567. The number of hydrogen-bond acceptors (Lipinski definition) is 5. The van der Waals surface area contributed by atoms with Crippen LogP contribution < -0.4 is 5.32 Å². The van der Waals surface area contributed by atoms with Crippen molar-refractivity contribution < 1.29 is 19.4 Å². The second-order valence-electron chi connectivity index (χ2n) is 4.05. The molecule has 0 spiro atoms. The Hall–Kier alpha value is -1.18. The highest BCUT2D eigenvalue weighted by atomic mass is 16.5. The van der Waals surface area contributed by atoms with Gasteiger partial charge in [-0.05, 0) is 0 Å². The average Bonchev–Trinajstić information content (AvgIpc) is 2.43. The van der Waals surface area contributed by atoms with Gasteiger partial charge in [-0.3, -0.25) is 9.59 Å². The van der Waals surface area contributed by atoms with Crippen LogP contribution in [-0.2, 0) is 14.3 Å². The Morgan fingerprint density at radius 1 is 1.33 bits per heavy atom. The van der Waals surface area contributed by atoms with Crippen molar-refractivity contribution in [3.63, 3.8) is 0 Å². The van der Waals surface area contributed by atoms with Gasteiger partial charge in [0.15, 0.2) is 0 Å². The van der Waals surface area contributed by atoms with Crippen LogP contribution in [0, 0.1) is 0 Å². The molecule has 1 saturated heterocycles. The Kier molecular flexibility index (Phi) is 6.63. The zero-order chi connectivity index (χ0) is 13.4. The molecule has 0 unspecified atom stereocenters. The number of hydrogen-bond donors (Lipinski definition) is 2. The lowest BCUT2D eigenvalue weighted by Gasteiger charge is -2.29. The van der Waals surface area contributed by atoms with Gasteiger partial charge in [0.2, 0.25) is 0 Å². The van der Waals surface area contributed by atoms with Crippen molar-refractivity contribution in [1.29, 1.82) is 0 Å². The highest BCUT2D eigenvalue weighted by molar-refractivity contribution is 6.34. The molecular weight excluding hydrogens is 238 g/mol. The van der Waals surface area contributed by atoms with E-state index in [0.717, 1.165) is 0 Å². The molecule has 0 aromatic rings. The first kappa shape index (κ1) is 14.9. The van der Waals surface area contributed by atoms with Crippen LogP contribution in [-0.4, -0.2) is 86.3 Å². The van der Waals surface area contributed by atoms with Gasteiger partial charge in [0.1, 0.15) is 0 Å². The molecule has 1 fully saturated rings. The van der Waals surface area contributed by atoms with Gasteiger partial charge in [0.05, 0.1) is 13.2 Å². The number of nitrogens with zero attached hydrogens (tertiary/aromatic N) is 2. The topological polar surface area (TPSA) is 82.1 Å². The molecule has 2 amide bonds. The summed E-state index contributed by atoms with van der Waals surface area (Å²) in [6, 6.07) is 0. The van der Waals surface area contributed by atoms with Gasteiger partial charge < -0.3 is 25.0 Å². The van der Waals surface area contributed by atoms with E-state index in [9.17, 15) is 9.59 Å². The smallest absolute Gasteiger partial charge is 0.312 e. The summed E-state index contributed by atoms with van der Waals surface area (Å²) in [4.78, 5) is 26.8. The van der Waals surface area contributed by atoms with E-state index in [1.54, 1.807) is 0 Å². The van der Waals surface area contributed by atoms with Crippen molar-refractivity contribution in [3.8, 4) is 0 Å². The van der Waals surface area contributed by atoms with Gasteiger partial charge in [-0.1, -0.05) is 0 Å². The Labute approximate surface area is 107 Å². The second-order valence-corrected chi connectivity index (χ2v) is 4.05. The third-order valence-electron chi connectivity index (χ3n) is 2.81. The summed E-state index contributed by atoms with van der Waals surface area (Å²) in [7, 11) is 1.53. The minimum absolute atomic E-state index is 0.153. The number of rotatable bonds is 5. The number of carbonyl (C=O) groups is 2. The molecule has 2 N–H and O–H groups in total. The zero-order valence-corrected chi connectivity index (χ0v) is 10.7. The zero-order valence-electron chi connectivity index (χ0n) is 10.7. The fraction of sp³-hybridized carbons (Fsp3) is 0.818. The number of nitrogens with one attached hydrogen (secondary N) is 1. The molecule has 0 aromatic heterocycles. The van der Waals surface area contributed by atoms with Crippen molar-refractivity contribution in [2.45, 2.75) is 0 Å². The number of amides is 2. The first-order valence-corrected chi connectivity index (χ1v) is 6.09. The fourth-order valence-electron chi connectivity index (χ4n) is 1.78. The van der Waals surface area contributed by atoms with Crippen molar-refractivity contribution in [1.82, 2.24) is 15.1 Å². The summed E-state index contributed by atoms with van der Waals surface area (Å²) in [6.45, 7) is 3.15. The van der Waals surface area contributed by atoms with Crippen LogP contribution in [0.3, 0.4) is 0 Å². The van der Waals surface area contributed by atoms with E-state index in [-0.39, 0.29) is 13.2 Å². The summed E-state index contributed by atoms with van der Waals surface area (Å²) in [6.07, 6.45) is 0. The lowest BCUT2D eigenvalue weighted by atomic mass is 10.3. The van der Waals surface area contributed by atoms with Crippen LogP contribution in [0.2, 0.25) is 0 Å². The monoisotopic (exact) mass is 259 g/mol. The van der Waals surface area contributed by atoms with E-state index in [0.29, 0.717) is 39.3 Å². The van der Waals surface area contributed by atoms with E-state index < -0.39 is 11.8 Å². The van der Waals surface area contributed by atoms with E-state index in [1.807, 2.05) is 0 Å². The van der Waals surface area contributed by atoms with Crippen LogP contribution in [0.25, 0.3) is 0 Å². The van der Waals surface area contributed by atoms with E-state index in [1.165, 1.54) is 16.9 Å². The molecule has 104 valence electrons. The van der Waals surface area contributed by atoms with Crippen molar-refractivity contribution in [2.75, 3.05) is 59.6 Å². The van der Waals surface area contributed by atoms with Crippen molar-refractivity contribution >= 4 is 11.8 Å². The molecule has 1 aliphatic rings. The van der Waals surface area contributed by atoms with Crippen LogP contribution >= 0.6 is 0 Å². The van der Waals surface area contributed by atoms with Crippen LogP contribution in [0.1, 0.15) is 0 Å². The van der Waals surface area contributed by atoms with Gasteiger partial charge in [0, 0.05) is 46.4 Å². The SMILES string of the molecule is COCCN(CCO)C(=O)C(=O)N1CCNCC1. The standard InChI is InChI=1S/C11H21N3O4/c1-18-9-7-14(6-8-15)11(17)10(16)13-4-2-12-3-5-13/h12,15H,2-9H2,1H3. The quantitative estimate of drug-likeness (QED) is 0.552. The predicted molar refractivity (Wildman–Crippen MR) is 65.0 cm³/mol. The molecule has 0 atom stereocenters. The third-order valence-corrected chi connectivity index (χ3v) is 2.81. The summed E-state index contributed by atoms with van der Waals surface area (Å²) in [5.74, 6) is -1.07. The van der Waals surface area contributed by atoms with E-state index in [2.05, 4.69) is 5.32 Å². The Bertz CT molecular complexity index is 279. The molecule has 1 rings (SSSR count). The van der Waals surface area contributed by atoms with Gasteiger partial charge in [-0.2, -0.15) is 0 Å². The molecule has 0 aromatic carbocycles. The van der Waals surface area contributed by atoms with Gasteiger partial charge >= 0.3 is 11.8 Å². The molecule has 7 heteroatoms. The number of aliphatic hydroxyl groups excluding tert-OH is 1. The summed E-state index contributed by atoms with van der Waals surface area (Å²) in [5.41, 5.74) is 0. The first-order chi connectivity index (χ1) is 8.70. The Morgan fingerprint density at radius 2 is 2.00 bits per heavy atom. The van der Waals surface area contributed by atoms with Crippen LogP contribution in [0.4, 0.5) is 0 Å². The fourth-order valence-corrected chi connectivity index (χ4v) is 1.78. The maximum absolute atomic E-state index is 12.0. The van der Waals surface area contributed by atoms with Gasteiger partial charge in [-0.25, -0.2) is 0 Å². The summed E-state index contributed by atoms with van der Waals surface area (Å²) < 4.78 is 4.88. The largest absolute Gasteiger partial charge is 0.395 e. The number of methoxy groups -OCH3 is 1. The highest BCUT2D eigenvalue weighted by Crippen LogP contribution is 1.99. The normalized spacial score (nSPS) is 15.6. The molecule has 1 heterocycles. The maximum atomic E-state index is 12.0. The second kappa shape index (κ2) is 8.02. The Morgan fingerprint density at radius 3 is 2.56 bits per heavy atom. The molecule has 18 heavy (non-hydrogen) atoms. The maximum Gasteiger partial charge on any atom is 0.312 e. The molecular formula is C11H21N3O4. The van der Waals surface area contributed by atoms with Crippen LogP contribution in [0.15, 0.2) is 0 Å². The van der Waals surface area contributed by atoms with Crippen molar-refractivity contribution in [3.05, 3.63) is 0 Å². The molecule has 1 aliphatic heterocycles. The number of carbonyl (C=O) groups excluding carboxylic acids is 2. The number of ether oxygens (including phenoxy) is 1. The molecule has 7 nitrogen and oxygen atoms in total. The molecule has 0 bridgehead atoms.